The van der Waals surface area contributed by atoms with Crippen molar-refractivity contribution in [1.29, 1.82) is 0 Å². The van der Waals surface area contributed by atoms with E-state index in [1.54, 1.807) is 0 Å². The van der Waals surface area contributed by atoms with Gasteiger partial charge < -0.3 is 10.6 Å². The van der Waals surface area contributed by atoms with Crippen LogP contribution in [0.3, 0.4) is 0 Å². The van der Waals surface area contributed by atoms with Crippen molar-refractivity contribution in [3.05, 3.63) is 34.9 Å². The normalized spacial score (nSPS) is 21.7. The van der Waals surface area contributed by atoms with Gasteiger partial charge in [-0.2, -0.15) is 0 Å². The van der Waals surface area contributed by atoms with E-state index < -0.39 is 0 Å². The van der Waals surface area contributed by atoms with Crippen LogP contribution in [0, 0.1) is 11.8 Å². The van der Waals surface area contributed by atoms with Gasteiger partial charge in [0.15, 0.2) is 0 Å². The largest absolute Gasteiger partial charge is 0.355 e. The van der Waals surface area contributed by atoms with Gasteiger partial charge in [0.25, 0.3) is 0 Å². The van der Waals surface area contributed by atoms with E-state index in [1.807, 2.05) is 18.2 Å². The highest BCUT2D eigenvalue weighted by molar-refractivity contribution is 6.30. The first kappa shape index (κ1) is 16.8. The first-order valence-electron chi connectivity index (χ1n) is 8.82. The molecule has 1 amide bonds. The Hall–Kier alpha value is -1.06. The van der Waals surface area contributed by atoms with Crippen molar-refractivity contribution in [3.8, 4) is 0 Å². The van der Waals surface area contributed by atoms with Crippen molar-refractivity contribution in [2.45, 2.75) is 44.4 Å². The summed E-state index contributed by atoms with van der Waals surface area (Å²) >= 11 is 6.10. The SMILES string of the molecule is CC(CC(=O)NCC1(c2cccc(Cl)c2)CC1)C1CCNCC1. The molecule has 1 aliphatic carbocycles. The van der Waals surface area contributed by atoms with Gasteiger partial charge in [0.05, 0.1) is 0 Å². The van der Waals surface area contributed by atoms with E-state index in [-0.39, 0.29) is 11.3 Å². The molecule has 1 aromatic carbocycles. The molecular formula is C19H27ClN2O. The molecule has 0 spiro atoms. The molecule has 1 atom stereocenters. The summed E-state index contributed by atoms with van der Waals surface area (Å²) in [6.07, 6.45) is 5.31. The number of nitrogens with one attached hydrogen (secondary N) is 2. The quantitative estimate of drug-likeness (QED) is 0.835. The maximum atomic E-state index is 12.3. The van der Waals surface area contributed by atoms with E-state index in [9.17, 15) is 4.79 Å². The molecule has 1 saturated carbocycles. The Bertz CT molecular complexity index is 550. The molecule has 1 aliphatic heterocycles. The van der Waals surface area contributed by atoms with Crippen LogP contribution in [0.2, 0.25) is 5.02 Å². The zero-order chi connectivity index (χ0) is 16.3. The average Bonchev–Trinajstić information content (AvgIpc) is 3.35. The molecule has 23 heavy (non-hydrogen) atoms. The number of amides is 1. The fourth-order valence-corrected chi connectivity index (χ4v) is 3.94. The summed E-state index contributed by atoms with van der Waals surface area (Å²) in [5, 5.41) is 7.34. The van der Waals surface area contributed by atoms with Gasteiger partial charge in [-0.1, -0.05) is 30.7 Å². The van der Waals surface area contributed by atoms with E-state index in [1.165, 1.54) is 18.4 Å². The number of benzene rings is 1. The van der Waals surface area contributed by atoms with Gasteiger partial charge >= 0.3 is 0 Å². The second-order valence-corrected chi connectivity index (χ2v) is 7.77. The Labute approximate surface area is 144 Å². The van der Waals surface area contributed by atoms with Crippen molar-refractivity contribution in [2.24, 2.45) is 11.8 Å². The molecule has 2 N–H and O–H groups in total. The third-order valence-electron chi connectivity index (χ3n) is 5.61. The summed E-state index contributed by atoms with van der Waals surface area (Å²) in [5.41, 5.74) is 1.38. The third-order valence-corrected chi connectivity index (χ3v) is 5.85. The molecule has 2 aliphatic rings. The summed E-state index contributed by atoms with van der Waals surface area (Å²) in [7, 11) is 0. The molecule has 0 radical (unpaired) electrons. The number of hydrogen-bond donors (Lipinski definition) is 2. The molecule has 4 heteroatoms. The molecule has 3 rings (SSSR count). The molecule has 0 aromatic heterocycles. The smallest absolute Gasteiger partial charge is 0.220 e. The Balaban J connectivity index is 1.49. The molecule has 3 nitrogen and oxygen atoms in total. The zero-order valence-corrected chi connectivity index (χ0v) is 14.7. The minimum Gasteiger partial charge on any atom is -0.355 e. The average molecular weight is 335 g/mol. The van der Waals surface area contributed by atoms with E-state index >= 15 is 0 Å². The van der Waals surface area contributed by atoms with Gasteiger partial charge in [-0.25, -0.2) is 0 Å². The summed E-state index contributed by atoms with van der Waals surface area (Å²) in [6.45, 7) is 5.15. The lowest BCUT2D eigenvalue weighted by atomic mass is 9.84. The summed E-state index contributed by atoms with van der Waals surface area (Å²) in [5.74, 6) is 1.35. The number of carbonyl (C=O) groups excluding carboxylic acids is 1. The predicted octanol–water partition coefficient (Wildman–Crippen LogP) is 3.51. The Morgan fingerprint density at radius 2 is 2.13 bits per heavy atom. The number of piperidine rings is 1. The molecule has 0 bridgehead atoms. The molecule has 1 saturated heterocycles. The molecule has 1 aromatic rings. The minimum atomic E-state index is 0.124. The second-order valence-electron chi connectivity index (χ2n) is 7.34. The van der Waals surface area contributed by atoms with Crippen LogP contribution in [-0.4, -0.2) is 25.5 Å². The van der Waals surface area contributed by atoms with E-state index in [0.717, 1.165) is 37.5 Å². The van der Waals surface area contributed by atoms with Crippen molar-refractivity contribution in [2.75, 3.05) is 19.6 Å². The van der Waals surface area contributed by atoms with E-state index in [0.29, 0.717) is 18.3 Å². The zero-order valence-electron chi connectivity index (χ0n) is 13.9. The maximum absolute atomic E-state index is 12.3. The number of hydrogen-bond acceptors (Lipinski definition) is 2. The van der Waals surface area contributed by atoms with Gasteiger partial charge in [-0.15, -0.1) is 0 Å². The highest BCUT2D eigenvalue weighted by atomic mass is 35.5. The summed E-state index contributed by atoms with van der Waals surface area (Å²) < 4.78 is 0. The fourth-order valence-electron chi connectivity index (χ4n) is 3.75. The van der Waals surface area contributed by atoms with Crippen LogP contribution in [0.4, 0.5) is 0 Å². The first-order chi connectivity index (χ1) is 11.1. The van der Waals surface area contributed by atoms with Crippen LogP contribution >= 0.6 is 11.6 Å². The Morgan fingerprint density at radius 3 is 2.78 bits per heavy atom. The number of rotatable bonds is 6. The van der Waals surface area contributed by atoms with Gasteiger partial charge in [-0.3, -0.25) is 4.79 Å². The summed E-state index contributed by atoms with van der Waals surface area (Å²) in [4.78, 5) is 12.3. The van der Waals surface area contributed by atoms with Crippen molar-refractivity contribution >= 4 is 17.5 Å². The first-order valence-corrected chi connectivity index (χ1v) is 9.20. The molecular weight excluding hydrogens is 308 g/mol. The van der Waals surface area contributed by atoms with Crippen LogP contribution in [0.25, 0.3) is 0 Å². The lowest BCUT2D eigenvalue weighted by Crippen LogP contribution is -2.36. The highest BCUT2D eigenvalue weighted by Gasteiger charge is 2.44. The molecule has 1 unspecified atom stereocenters. The second kappa shape index (κ2) is 7.23. The van der Waals surface area contributed by atoms with Gasteiger partial charge in [-0.05, 0) is 68.3 Å². The predicted molar refractivity (Wildman–Crippen MR) is 94.7 cm³/mol. The molecule has 1 heterocycles. The lowest BCUT2D eigenvalue weighted by Gasteiger charge is -2.28. The maximum Gasteiger partial charge on any atom is 0.220 e. The van der Waals surface area contributed by atoms with Gasteiger partial charge in [0.1, 0.15) is 0 Å². The van der Waals surface area contributed by atoms with E-state index in [2.05, 4.69) is 23.6 Å². The van der Waals surface area contributed by atoms with Gasteiger partial charge in [0.2, 0.25) is 5.91 Å². The van der Waals surface area contributed by atoms with Crippen molar-refractivity contribution in [3.63, 3.8) is 0 Å². The number of carbonyl (C=O) groups is 1. The minimum absolute atomic E-state index is 0.124. The van der Waals surface area contributed by atoms with Gasteiger partial charge in [0, 0.05) is 23.4 Å². The fraction of sp³-hybridized carbons (Fsp3) is 0.632. The third kappa shape index (κ3) is 4.27. The molecule has 126 valence electrons. The van der Waals surface area contributed by atoms with Crippen molar-refractivity contribution in [1.82, 2.24) is 10.6 Å². The number of halogens is 1. The monoisotopic (exact) mass is 334 g/mol. The summed E-state index contributed by atoms with van der Waals surface area (Å²) in [6, 6.07) is 8.07. The van der Waals surface area contributed by atoms with Crippen molar-refractivity contribution < 1.29 is 4.79 Å². The molecule has 2 fully saturated rings. The highest BCUT2D eigenvalue weighted by Crippen LogP contribution is 2.48. The Kier molecular flexibility index (Phi) is 5.27. The standard InChI is InChI=1S/C19H27ClN2O/c1-14(15-5-9-21-10-6-15)11-18(23)22-13-19(7-8-19)16-3-2-4-17(20)12-16/h2-4,12,14-15,21H,5-11,13H2,1H3,(H,22,23). The topological polar surface area (TPSA) is 41.1 Å². The van der Waals surface area contributed by atoms with Crippen LogP contribution < -0.4 is 10.6 Å². The van der Waals surface area contributed by atoms with Crippen LogP contribution in [0.1, 0.15) is 44.6 Å². The van der Waals surface area contributed by atoms with Crippen LogP contribution in [0.15, 0.2) is 24.3 Å². The van der Waals surface area contributed by atoms with E-state index in [4.69, 9.17) is 11.6 Å². The Morgan fingerprint density at radius 1 is 1.39 bits per heavy atom. The van der Waals surface area contributed by atoms with Crippen LogP contribution in [-0.2, 0) is 10.2 Å². The van der Waals surface area contributed by atoms with Crippen LogP contribution in [0.5, 0.6) is 0 Å². The lowest BCUT2D eigenvalue weighted by molar-refractivity contribution is -0.122.